The van der Waals surface area contributed by atoms with Crippen LogP contribution in [0.15, 0.2) is 12.5 Å². The van der Waals surface area contributed by atoms with Gasteiger partial charge >= 0.3 is 5.97 Å². The third kappa shape index (κ3) is 9.12. The van der Waals surface area contributed by atoms with E-state index >= 15 is 0 Å². The van der Waals surface area contributed by atoms with Crippen molar-refractivity contribution in [3.05, 3.63) is 18.2 Å². The molecule has 1 aromatic heterocycles. The van der Waals surface area contributed by atoms with Crippen LogP contribution in [0.4, 0.5) is 0 Å². The molecule has 11 heteroatoms. The minimum atomic E-state index is -1.17. The number of carboxylic acid groups (broad SMARTS) is 1. The summed E-state index contributed by atoms with van der Waals surface area (Å²) in [5.41, 5.74) is 6.57. The third-order valence-electron chi connectivity index (χ3n) is 5.70. The first-order valence-electron chi connectivity index (χ1n) is 11.7. The summed E-state index contributed by atoms with van der Waals surface area (Å²) < 4.78 is 0. The molecule has 0 aliphatic carbocycles. The van der Waals surface area contributed by atoms with Crippen LogP contribution < -0.4 is 21.7 Å². The van der Waals surface area contributed by atoms with Crippen molar-refractivity contribution < 1.29 is 24.3 Å². The number of nitrogens with zero attached hydrogens (tertiary/aromatic N) is 1. The molecule has 0 radical (unpaired) electrons. The Morgan fingerprint density at radius 1 is 1.00 bits per heavy atom. The smallest absolute Gasteiger partial charge is 0.326 e. The molecule has 1 rings (SSSR count). The van der Waals surface area contributed by atoms with Gasteiger partial charge in [-0.3, -0.25) is 14.4 Å². The number of hydrogen-bond donors (Lipinski definition) is 6. The lowest BCUT2D eigenvalue weighted by Gasteiger charge is -2.28. The van der Waals surface area contributed by atoms with Crippen LogP contribution in [0.1, 0.15) is 60.1 Å². The number of aliphatic carboxylic acids is 1. The predicted octanol–water partition coefficient (Wildman–Crippen LogP) is 0.567. The van der Waals surface area contributed by atoms with Crippen LogP contribution >= 0.6 is 0 Å². The van der Waals surface area contributed by atoms with Crippen LogP contribution in [0.5, 0.6) is 0 Å². The van der Waals surface area contributed by atoms with Gasteiger partial charge in [0.15, 0.2) is 0 Å². The van der Waals surface area contributed by atoms with Crippen LogP contribution in [-0.4, -0.2) is 62.9 Å². The zero-order valence-electron chi connectivity index (χ0n) is 20.9. The lowest BCUT2D eigenvalue weighted by molar-refractivity contribution is -0.143. The van der Waals surface area contributed by atoms with Crippen LogP contribution in [0, 0.1) is 17.8 Å². The van der Waals surface area contributed by atoms with Gasteiger partial charge in [-0.25, -0.2) is 9.78 Å². The van der Waals surface area contributed by atoms with Crippen molar-refractivity contribution in [2.24, 2.45) is 23.5 Å². The van der Waals surface area contributed by atoms with Crippen molar-refractivity contribution in [3.63, 3.8) is 0 Å². The second-order valence-electron chi connectivity index (χ2n) is 9.52. The number of imidazole rings is 1. The Morgan fingerprint density at radius 2 is 1.62 bits per heavy atom. The van der Waals surface area contributed by atoms with Crippen LogP contribution in [-0.2, 0) is 25.6 Å². The van der Waals surface area contributed by atoms with Gasteiger partial charge in [0.1, 0.15) is 18.1 Å². The molecule has 5 unspecified atom stereocenters. The van der Waals surface area contributed by atoms with E-state index in [4.69, 9.17) is 5.73 Å². The number of H-pyrrole nitrogens is 1. The van der Waals surface area contributed by atoms with E-state index in [1.54, 1.807) is 13.8 Å². The summed E-state index contributed by atoms with van der Waals surface area (Å²) in [5.74, 6) is -3.17. The van der Waals surface area contributed by atoms with Crippen molar-refractivity contribution in [2.75, 3.05) is 0 Å². The highest BCUT2D eigenvalue weighted by Gasteiger charge is 2.33. The largest absolute Gasteiger partial charge is 0.480 e. The number of carboxylic acids is 1. The van der Waals surface area contributed by atoms with Crippen molar-refractivity contribution in [3.8, 4) is 0 Å². The summed E-state index contributed by atoms with van der Waals surface area (Å²) in [4.78, 5) is 57.2. The molecule has 5 atom stereocenters. The van der Waals surface area contributed by atoms with Crippen molar-refractivity contribution in [1.82, 2.24) is 25.9 Å². The first kappa shape index (κ1) is 29.1. The SMILES string of the molecule is CCC(C)C(NC(=O)C(N)CC(C)C)C(=O)NC(Cc1cnc[nH]1)C(=O)NC(C(=O)O)C(C)C. The summed E-state index contributed by atoms with van der Waals surface area (Å²) in [6.45, 7) is 11.0. The monoisotopic (exact) mass is 480 g/mol. The Kier molecular flexibility index (Phi) is 11.7. The van der Waals surface area contributed by atoms with E-state index in [1.165, 1.54) is 12.5 Å². The number of aromatic nitrogens is 2. The molecule has 7 N–H and O–H groups in total. The summed E-state index contributed by atoms with van der Waals surface area (Å²) >= 11 is 0. The first-order valence-corrected chi connectivity index (χ1v) is 11.7. The van der Waals surface area contributed by atoms with Gasteiger partial charge in [0.05, 0.1) is 12.4 Å². The lowest BCUT2D eigenvalue weighted by Crippen LogP contribution is -2.59. The van der Waals surface area contributed by atoms with Gasteiger partial charge in [0.25, 0.3) is 0 Å². The molecular formula is C23H40N6O5. The molecule has 1 heterocycles. The molecule has 0 aromatic carbocycles. The normalized spacial score (nSPS) is 15.8. The molecule has 0 saturated carbocycles. The van der Waals surface area contributed by atoms with Crippen molar-refractivity contribution in [2.45, 2.75) is 85.0 Å². The number of nitrogens with one attached hydrogen (secondary N) is 4. The van der Waals surface area contributed by atoms with Crippen LogP contribution in [0.2, 0.25) is 0 Å². The number of hydrogen-bond acceptors (Lipinski definition) is 6. The molecule has 0 aliphatic rings. The summed E-state index contributed by atoms with van der Waals surface area (Å²) in [6.07, 6.45) is 4.10. The topological polar surface area (TPSA) is 179 Å². The standard InChI is InChI=1S/C23H40N6O5/c1-7-14(6)19(29-20(30)16(24)8-12(2)3)22(32)27-17(9-15-10-25-11-26-15)21(31)28-18(13(4)5)23(33)34/h10-14,16-19H,7-9,24H2,1-6H3,(H,25,26)(H,27,32)(H,28,31)(H,29,30)(H,33,34). The Morgan fingerprint density at radius 3 is 2.09 bits per heavy atom. The van der Waals surface area contributed by atoms with E-state index in [9.17, 15) is 24.3 Å². The zero-order valence-corrected chi connectivity index (χ0v) is 20.9. The average Bonchev–Trinajstić information content (AvgIpc) is 3.26. The molecule has 192 valence electrons. The second-order valence-corrected chi connectivity index (χ2v) is 9.52. The number of nitrogens with two attached hydrogens (primary N) is 1. The van der Waals surface area contributed by atoms with E-state index in [1.807, 2.05) is 27.7 Å². The molecule has 0 aliphatic heterocycles. The maximum absolute atomic E-state index is 13.2. The van der Waals surface area contributed by atoms with Gasteiger partial charge in [-0.2, -0.15) is 0 Å². The van der Waals surface area contributed by atoms with Gasteiger partial charge in [-0.05, 0) is 24.2 Å². The Bertz CT molecular complexity index is 811. The molecule has 3 amide bonds. The summed E-state index contributed by atoms with van der Waals surface area (Å²) in [7, 11) is 0. The van der Waals surface area contributed by atoms with Gasteiger partial charge in [0.2, 0.25) is 17.7 Å². The highest BCUT2D eigenvalue weighted by atomic mass is 16.4. The minimum Gasteiger partial charge on any atom is -0.480 e. The molecular weight excluding hydrogens is 440 g/mol. The van der Waals surface area contributed by atoms with E-state index in [0.29, 0.717) is 18.5 Å². The average molecular weight is 481 g/mol. The maximum Gasteiger partial charge on any atom is 0.326 e. The number of carbonyl (C=O) groups is 4. The summed E-state index contributed by atoms with van der Waals surface area (Å²) in [6, 6.07) is -3.87. The molecule has 0 fully saturated rings. The van der Waals surface area contributed by atoms with Gasteiger partial charge in [0, 0.05) is 18.3 Å². The van der Waals surface area contributed by atoms with Crippen LogP contribution in [0.3, 0.4) is 0 Å². The van der Waals surface area contributed by atoms with E-state index in [-0.39, 0.29) is 24.2 Å². The molecule has 34 heavy (non-hydrogen) atoms. The molecule has 0 saturated heterocycles. The number of rotatable bonds is 14. The third-order valence-corrected chi connectivity index (χ3v) is 5.70. The van der Waals surface area contributed by atoms with E-state index in [0.717, 1.165) is 0 Å². The quantitative estimate of drug-likeness (QED) is 0.225. The fourth-order valence-electron chi connectivity index (χ4n) is 3.43. The molecule has 0 spiro atoms. The minimum absolute atomic E-state index is 0.0655. The van der Waals surface area contributed by atoms with E-state index < -0.39 is 47.9 Å². The Labute approximate surface area is 201 Å². The van der Waals surface area contributed by atoms with E-state index in [2.05, 4.69) is 25.9 Å². The Balaban J connectivity index is 3.08. The molecule has 11 nitrogen and oxygen atoms in total. The van der Waals surface area contributed by atoms with Crippen molar-refractivity contribution >= 4 is 23.7 Å². The van der Waals surface area contributed by atoms with Crippen LogP contribution in [0.25, 0.3) is 0 Å². The molecule has 0 bridgehead atoms. The Hall–Kier alpha value is -2.95. The van der Waals surface area contributed by atoms with Gasteiger partial charge in [-0.1, -0.05) is 48.0 Å². The fourth-order valence-corrected chi connectivity index (χ4v) is 3.43. The highest BCUT2D eigenvalue weighted by molar-refractivity contribution is 5.94. The number of amides is 3. The molecule has 1 aromatic rings. The first-order chi connectivity index (χ1) is 15.9. The maximum atomic E-state index is 13.2. The number of aromatic amines is 1. The predicted molar refractivity (Wildman–Crippen MR) is 127 cm³/mol. The lowest BCUT2D eigenvalue weighted by atomic mass is 9.96. The number of carbonyl (C=O) groups excluding carboxylic acids is 3. The van der Waals surface area contributed by atoms with Gasteiger partial charge < -0.3 is 31.8 Å². The van der Waals surface area contributed by atoms with Gasteiger partial charge in [-0.15, -0.1) is 0 Å². The fraction of sp³-hybridized carbons (Fsp3) is 0.696. The highest BCUT2D eigenvalue weighted by Crippen LogP contribution is 2.11. The second kappa shape index (κ2) is 13.7. The zero-order chi connectivity index (χ0) is 26.0. The van der Waals surface area contributed by atoms with Crippen molar-refractivity contribution in [1.29, 1.82) is 0 Å². The summed E-state index contributed by atoms with van der Waals surface area (Å²) in [5, 5.41) is 17.4.